The number of carbonyl (C=O) groups excluding carboxylic acids is 3. The van der Waals surface area contributed by atoms with Crippen LogP contribution in [0.25, 0.3) is 5.57 Å². The van der Waals surface area contributed by atoms with E-state index in [2.05, 4.69) is 12.2 Å². The van der Waals surface area contributed by atoms with Crippen molar-refractivity contribution in [1.82, 2.24) is 4.90 Å². The van der Waals surface area contributed by atoms with E-state index in [1.165, 1.54) is 4.90 Å². The molecule has 0 N–H and O–H groups in total. The first-order valence-electron chi connectivity index (χ1n) is 10.7. The van der Waals surface area contributed by atoms with Gasteiger partial charge in [-0.2, -0.15) is 0 Å². The lowest BCUT2D eigenvalue weighted by Crippen LogP contribution is -2.37. The van der Waals surface area contributed by atoms with Crippen LogP contribution >= 0.6 is 0 Å². The van der Waals surface area contributed by atoms with Gasteiger partial charge in [0.15, 0.2) is 5.78 Å². The van der Waals surface area contributed by atoms with Crippen molar-refractivity contribution in [3.63, 3.8) is 0 Å². The van der Waals surface area contributed by atoms with Gasteiger partial charge >= 0.3 is 6.09 Å². The van der Waals surface area contributed by atoms with Gasteiger partial charge in [0.1, 0.15) is 12.6 Å². The van der Waals surface area contributed by atoms with Crippen molar-refractivity contribution in [2.75, 3.05) is 6.61 Å². The molecule has 0 unspecified atom stereocenters. The third-order valence-corrected chi connectivity index (χ3v) is 7.18. The molecular formula is C26H21NO4. The molecule has 1 heterocycles. The first-order chi connectivity index (χ1) is 15.1. The number of ether oxygens (including phenoxy) is 1. The second-order valence-electron chi connectivity index (χ2n) is 8.70. The molecule has 31 heavy (non-hydrogen) atoms. The molecule has 3 aliphatic carbocycles. The van der Waals surface area contributed by atoms with E-state index in [-0.39, 0.29) is 36.1 Å². The predicted octanol–water partition coefficient (Wildman–Crippen LogP) is 4.18. The molecule has 1 saturated carbocycles. The van der Waals surface area contributed by atoms with Crippen molar-refractivity contribution in [2.45, 2.75) is 12.5 Å². The molecule has 2 fully saturated rings. The second kappa shape index (κ2) is 6.77. The Hall–Kier alpha value is -3.47. The van der Waals surface area contributed by atoms with Crippen molar-refractivity contribution in [3.8, 4) is 0 Å². The van der Waals surface area contributed by atoms with Crippen LogP contribution in [0.4, 0.5) is 4.79 Å². The summed E-state index contributed by atoms with van der Waals surface area (Å²) in [5.41, 5.74) is 2.55. The molecule has 154 valence electrons. The summed E-state index contributed by atoms with van der Waals surface area (Å²) in [5, 5.41) is 0. The van der Waals surface area contributed by atoms with Gasteiger partial charge in [0, 0.05) is 23.0 Å². The largest absolute Gasteiger partial charge is 0.446 e. The molecule has 5 nitrogen and oxygen atoms in total. The summed E-state index contributed by atoms with van der Waals surface area (Å²) in [4.78, 5) is 41.5. The Kier molecular flexibility index (Phi) is 4.00. The van der Waals surface area contributed by atoms with E-state index in [4.69, 9.17) is 4.74 Å². The van der Waals surface area contributed by atoms with E-state index in [0.29, 0.717) is 11.1 Å². The molecule has 6 rings (SSSR count). The molecule has 2 aromatic rings. The number of amides is 2. The maximum absolute atomic E-state index is 14.0. The highest BCUT2D eigenvalue weighted by Gasteiger charge is 2.58. The van der Waals surface area contributed by atoms with Gasteiger partial charge in [-0.3, -0.25) is 9.59 Å². The summed E-state index contributed by atoms with van der Waals surface area (Å²) in [7, 11) is 0. The molecular weight excluding hydrogens is 390 g/mol. The number of carbonyl (C=O) groups is 3. The molecule has 0 spiro atoms. The van der Waals surface area contributed by atoms with Crippen LogP contribution in [0.1, 0.15) is 23.6 Å². The standard InChI is InChI=1S/C26H21NO4/c28-24-21(16-9-5-2-6-10-16)23(20-17-11-12-18(13-17)22(20)24)25(29)27-19(14-31-26(27)30)15-7-3-1-4-8-15/h1-12,17-20,22H,13-14H2/t17-,18+,19-,20+,22-/m1/s1. The molecule has 5 heteroatoms. The van der Waals surface area contributed by atoms with Crippen LogP contribution in [-0.4, -0.2) is 29.3 Å². The number of fused-ring (bicyclic) bond motifs is 5. The molecule has 2 bridgehead atoms. The Balaban J connectivity index is 1.49. The molecule has 2 amide bonds. The number of allylic oxidation sites excluding steroid dienone is 3. The highest BCUT2D eigenvalue weighted by Crippen LogP contribution is 2.58. The smallest absolute Gasteiger partial charge is 0.417 e. The summed E-state index contributed by atoms with van der Waals surface area (Å²) in [6, 6.07) is 18.3. The molecule has 0 radical (unpaired) electrons. The van der Waals surface area contributed by atoms with Gasteiger partial charge in [-0.25, -0.2) is 9.69 Å². The van der Waals surface area contributed by atoms with Crippen LogP contribution in [-0.2, 0) is 14.3 Å². The second-order valence-corrected chi connectivity index (χ2v) is 8.70. The van der Waals surface area contributed by atoms with Crippen molar-refractivity contribution < 1.29 is 19.1 Å². The van der Waals surface area contributed by atoms with Gasteiger partial charge in [-0.15, -0.1) is 0 Å². The van der Waals surface area contributed by atoms with Crippen LogP contribution in [0.3, 0.4) is 0 Å². The monoisotopic (exact) mass is 411 g/mol. The third-order valence-electron chi connectivity index (χ3n) is 7.18. The maximum atomic E-state index is 14.0. The zero-order chi connectivity index (χ0) is 21.1. The topological polar surface area (TPSA) is 63.7 Å². The summed E-state index contributed by atoms with van der Waals surface area (Å²) in [6.45, 7) is 0.122. The lowest BCUT2D eigenvalue weighted by molar-refractivity contribution is -0.125. The number of Topliss-reactive ketones (excluding diaryl/α,β-unsaturated/α-hetero) is 1. The van der Waals surface area contributed by atoms with Gasteiger partial charge in [0.2, 0.25) is 0 Å². The lowest BCUT2D eigenvalue weighted by atomic mass is 9.81. The van der Waals surface area contributed by atoms with Gasteiger partial charge in [0.25, 0.3) is 5.91 Å². The fourth-order valence-corrected chi connectivity index (χ4v) is 5.89. The van der Waals surface area contributed by atoms with E-state index >= 15 is 0 Å². The van der Waals surface area contributed by atoms with Crippen LogP contribution in [0.2, 0.25) is 0 Å². The molecule has 4 aliphatic rings. The quantitative estimate of drug-likeness (QED) is 0.711. The van der Waals surface area contributed by atoms with E-state index in [0.717, 1.165) is 17.5 Å². The predicted molar refractivity (Wildman–Crippen MR) is 113 cm³/mol. The van der Waals surface area contributed by atoms with Gasteiger partial charge in [-0.1, -0.05) is 72.8 Å². The number of imide groups is 1. The molecule has 1 aliphatic heterocycles. The highest BCUT2D eigenvalue weighted by molar-refractivity contribution is 6.31. The van der Waals surface area contributed by atoms with Gasteiger partial charge < -0.3 is 4.74 Å². The molecule has 2 aromatic carbocycles. The molecule has 5 atom stereocenters. The Morgan fingerprint density at radius 3 is 2.23 bits per heavy atom. The Morgan fingerprint density at radius 1 is 0.871 bits per heavy atom. The van der Waals surface area contributed by atoms with E-state index in [1.54, 1.807) is 0 Å². The van der Waals surface area contributed by atoms with Gasteiger partial charge in [0.05, 0.1) is 0 Å². The number of hydrogen-bond acceptors (Lipinski definition) is 4. The summed E-state index contributed by atoms with van der Waals surface area (Å²) < 4.78 is 5.30. The van der Waals surface area contributed by atoms with E-state index < -0.39 is 18.0 Å². The van der Waals surface area contributed by atoms with Crippen LogP contribution in [0.15, 0.2) is 78.4 Å². The number of benzene rings is 2. The Bertz CT molecular complexity index is 1150. The Morgan fingerprint density at radius 2 is 1.52 bits per heavy atom. The van der Waals surface area contributed by atoms with Crippen LogP contribution in [0, 0.1) is 23.7 Å². The average molecular weight is 411 g/mol. The fraction of sp³-hybridized carbons (Fsp3) is 0.269. The average Bonchev–Trinajstić information content (AvgIpc) is 3.56. The molecule has 0 aromatic heterocycles. The SMILES string of the molecule is O=C1C(c2ccccc2)=C(C(=O)N2C(=O)OC[C@@H]2c2ccccc2)[C@@H]2[C@H]1[C@H]1C=C[C@@H]2C1. The number of hydrogen-bond donors (Lipinski definition) is 0. The lowest BCUT2D eigenvalue weighted by Gasteiger charge is -2.26. The minimum absolute atomic E-state index is 0.0280. The number of cyclic esters (lactones) is 1. The van der Waals surface area contributed by atoms with Crippen molar-refractivity contribution in [3.05, 3.63) is 89.5 Å². The zero-order valence-corrected chi connectivity index (χ0v) is 16.8. The number of ketones is 1. The minimum atomic E-state index is -0.645. The van der Waals surface area contributed by atoms with Crippen molar-refractivity contribution >= 4 is 23.4 Å². The minimum Gasteiger partial charge on any atom is -0.446 e. The fourth-order valence-electron chi connectivity index (χ4n) is 5.89. The zero-order valence-electron chi connectivity index (χ0n) is 16.8. The first-order valence-corrected chi connectivity index (χ1v) is 10.7. The van der Waals surface area contributed by atoms with E-state index in [1.807, 2.05) is 60.7 Å². The number of rotatable bonds is 3. The van der Waals surface area contributed by atoms with Gasteiger partial charge in [-0.05, 0) is 29.4 Å². The normalized spacial score (nSPS) is 30.8. The maximum Gasteiger partial charge on any atom is 0.417 e. The van der Waals surface area contributed by atoms with Crippen molar-refractivity contribution in [1.29, 1.82) is 0 Å². The van der Waals surface area contributed by atoms with E-state index in [9.17, 15) is 14.4 Å². The Labute approximate surface area is 180 Å². The summed E-state index contributed by atoms with van der Waals surface area (Å²) in [6.07, 6.45) is 4.51. The number of nitrogens with zero attached hydrogens (tertiary/aromatic N) is 1. The van der Waals surface area contributed by atoms with Crippen LogP contribution in [0.5, 0.6) is 0 Å². The highest BCUT2D eigenvalue weighted by atomic mass is 16.6. The molecule has 1 saturated heterocycles. The van der Waals surface area contributed by atoms with Crippen LogP contribution < -0.4 is 0 Å². The van der Waals surface area contributed by atoms with Crippen molar-refractivity contribution in [2.24, 2.45) is 23.7 Å². The summed E-state index contributed by atoms with van der Waals surface area (Å²) >= 11 is 0. The summed E-state index contributed by atoms with van der Waals surface area (Å²) in [5.74, 6) is -0.417. The third kappa shape index (κ3) is 2.59. The first kappa shape index (κ1) is 18.3.